The first-order valence-corrected chi connectivity index (χ1v) is 5.75. The molecular weight excluding hydrogens is 232 g/mol. The van der Waals surface area contributed by atoms with Crippen molar-refractivity contribution >= 4 is 5.91 Å². The van der Waals surface area contributed by atoms with Crippen LogP contribution in [0.5, 0.6) is 5.75 Å². The standard InChI is InChI=1S/C13H14N2O3/c14-8-11-9-18-5-4-15(11)13(17)7-10-2-1-3-12(16)6-10/h1-3,6,11,16H,4-5,7,9H2/t11-/m0/s1. The van der Waals surface area contributed by atoms with Gasteiger partial charge in [0, 0.05) is 6.54 Å². The molecule has 0 aromatic heterocycles. The Labute approximate surface area is 105 Å². The van der Waals surface area contributed by atoms with Crippen molar-refractivity contribution in [1.29, 1.82) is 5.26 Å². The molecule has 0 radical (unpaired) electrons. The van der Waals surface area contributed by atoms with E-state index in [1.807, 2.05) is 0 Å². The molecule has 0 unspecified atom stereocenters. The predicted octanol–water partition coefficient (Wildman–Crippen LogP) is 0.686. The van der Waals surface area contributed by atoms with Crippen molar-refractivity contribution in [3.05, 3.63) is 29.8 Å². The van der Waals surface area contributed by atoms with Crippen LogP contribution in [0, 0.1) is 11.3 Å². The maximum Gasteiger partial charge on any atom is 0.228 e. The molecular formula is C13H14N2O3. The van der Waals surface area contributed by atoms with Gasteiger partial charge in [-0.3, -0.25) is 4.79 Å². The van der Waals surface area contributed by atoms with Gasteiger partial charge in [0.2, 0.25) is 5.91 Å². The van der Waals surface area contributed by atoms with E-state index >= 15 is 0 Å². The number of ether oxygens (including phenoxy) is 1. The van der Waals surface area contributed by atoms with Crippen LogP contribution in [-0.2, 0) is 16.0 Å². The molecule has 1 heterocycles. The molecule has 1 aliphatic heterocycles. The number of hydrogen-bond acceptors (Lipinski definition) is 4. The first-order valence-electron chi connectivity index (χ1n) is 5.75. The van der Waals surface area contributed by atoms with E-state index in [0.717, 1.165) is 5.56 Å². The SMILES string of the molecule is N#C[C@H]1COCCN1C(=O)Cc1cccc(O)c1. The van der Waals surface area contributed by atoms with Gasteiger partial charge in [0.15, 0.2) is 0 Å². The van der Waals surface area contributed by atoms with Crippen molar-refractivity contribution in [1.82, 2.24) is 4.90 Å². The fourth-order valence-corrected chi connectivity index (χ4v) is 1.95. The number of benzene rings is 1. The molecule has 0 bridgehead atoms. The number of nitrogens with zero attached hydrogens (tertiary/aromatic N) is 2. The Kier molecular flexibility index (Phi) is 3.80. The summed E-state index contributed by atoms with van der Waals surface area (Å²) >= 11 is 0. The summed E-state index contributed by atoms with van der Waals surface area (Å²) in [5.41, 5.74) is 0.739. The second-order valence-corrected chi connectivity index (χ2v) is 4.15. The lowest BCUT2D eigenvalue weighted by molar-refractivity contribution is -0.136. The highest BCUT2D eigenvalue weighted by atomic mass is 16.5. The molecule has 1 aromatic rings. The topological polar surface area (TPSA) is 73.6 Å². The maximum absolute atomic E-state index is 12.1. The largest absolute Gasteiger partial charge is 0.508 e. The summed E-state index contributed by atoms with van der Waals surface area (Å²) < 4.78 is 5.17. The molecule has 5 heteroatoms. The summed E-state index contributed by atoms with van der Waals surface area (Å²) in [7, 11) is 0. The Bertz CT molecular complexity index is 481. The smallest absolute Gasteiger partial charge is 0.228 e. The third-order valence-electron chi connectivity index (χ3n) is 2.86. The first kappa shape index (κ1) is 12.4. The second-order valence-electron chi connectivity index (χ2n) is 4.15. The number of hydrogen-bond donors (Lipinski definition) is 1. The molecule has 1 N–H and O–H groups in total. The minimum absolute atomic E-state index is 0.115. The first-order chi connectivity index (χ1) is 8.70. The molecule has 18 heavy (non-hydrogen) atoms. The predicted molar refractivity (Wildman–Crippen MR) is 63.7 cm³/mol. The Morgan fingerprint density at radius 2 is 2.44 bits per heavy atom. The molecule has 2 rings (SSSR count). The van der Waals surface area contributed by atoms with Crippen LogP contribution in [0.3, 0.4) is 0 Å². The molecule has 1 amide bonds. The summed E-state index contributed by atoms with van der Waals surface area (Å²) in [6.07, 6.45) is 0.187. The zero-order chi connectivity index (χ0) is 13.0. The summed E-state index contributed by atoms with van der Waals surface area (Å²) in [5, 5.41) is 18.3. The van der Waals surface area contributed by atoms with Crippen molar-refractivity contribution in [2.45, 2.75) is 12.5 Å². The number of carbonyl (C=O) groups is 1. The van der Waals surface area contributed by atoms with Crippen molar-refractivity contribution in [2.24, 2.45) is 0 Å². The van der Waals surface area contributed by atoms with Gasteiger partial charge in [-0.25, -0.2) is 0 Å². The molecule has 0 spiro atoms. The van der Waals surface area contributed by atoms with Crippen LogP contribution >= 0.6 is 0 Å². The third-order valence-corrected chi connectivity index (χ3v) is 2.86. The van der Waals surface area contributed by atoms with Gasteiger partial charge in [-0.15, -0.1) is 0 Å². The third kappa shape index (κ3) is 2.79. The van der Waals surface area contributed by atoms with Gasteiger partial charge in [-0.2, -0.15) is 5.26 Å². The summed E-state index contributed by atoms with van der Waals surface area (Å²) in [4.78, 5) is 13.6. The lowest BCUT2D eigenvalue weighted by Gasteiger charge is -2.31. The average Bonchev–Trinajstić information content (AvgIpc) is 2.38. The molecule has 1 atom stereocenters. The highest BCUT2D eigenvalue weighted by Crippen LogP contribution is 2.14. The average molecular weight is 246 g/mol. The molecule has 0 saturated carbocycles. The van der Waals surface area contributed by atoms with Gasteiger partial charge in [0.05, 0.1) is 25.7 Å². The van der Waals surface area contributed by atoms with E-state index in [1.54, 1.807) is 24.3 Å². The van der Waals surface area contributed by atoms with Gasteiger partial charge < -0.3 is 14.7 Å². The van der Waals surface area contributed by atoms with Crippen LogP contribution in [0.4, 0.5) is 0 Å². The van der Waals surface area contributed by atoms with Crippen LogP contribution < -0.4 is 0 Å². The zero-order valence-corrected chi connectivity index (χ0v) is 9.87. The number of phenols is 1. The quantitative estimate of drug-likeness (QED) is 0.833. The van der Waals surface area contributed by atoms with E-state index in [1.165, 1.54) is 4.90 Å². The number of aromatic hydroxyl groups is 1. The minimum Gasteiger partial charge on any atom is -0.508 e. The molecule has 1 fully saturated rings. The van der Waals surface area contributed by atoms with Gasteiger partial charge in [-0.05, 0) is 17.7 Å². The number of carbonyl (C=O) groups excluding carboxylic acids is 1. The van der Waals surface area contributed by atoms with Crippen LogP contribution in [0.1, 0.15) is 5.56 Å². The van der Waals surface area contributed by atoms with Crippen LogP contribution in [0.25, 0.3) is 0 Å². The summed E-state index contributed by atoms with van der Waals surface area (Å²) in [6.45, 7) is 1.17. The van der Waals surface area contributed by atoms with Gasteiger partial charge >= 0.3 is 0 Å². The number of phenolic OH excluding ortho intramolecular Hbond substituents is 1. The molecule has 5 nitrogen and oxygen atoms in total. The summed E-state index contributed by atoms with van der Waals surface area (Å²) in [6, 6.07) is 8.13. The number of amides is 1. The zero-order valence-electron chi connectivity index (χ0n) is 9.87. The van der Waals surface area contributed by atoms with Crippen molar-refractivity contribution in [3.63, 3.8) is 0 Å². The second kappa shape index (κ2) is 5.52. The van der Waals surface area contributed by atoms with E-state index in [0.29, 0.717) is 13.2 Å². The summed E-state index contributed by atoms with van der Waals surface area (Å²) in [5.74, 6) is 0.0227. The van der Waals surface area contributed by atoms with E-state index in [4.69, 9.17) is 10.00 Å². The van der Waals surface area contributed by atoms with Gasteiger partial charge in [0.25, 0.3) is 0 Å². The molecule has 0 aliphatic carbocycles. The number of morpholine rings is 1. The Morgan fingerprint density at radius 3 is 3.17 bits per heavy atom. The van der Waals surface area contributed by atoms with E-state index in [9.17, 15) is 9.90 Å². The molecule has 94 valence electrons. The Hall–Kier alpha value is -2.06. The minimum atomic E-state index is -0.511. The lowest BCUT2D eigenvalue weighted by Crippen LogP contribution is -2.48. The molecule has 1 saturated heterocycles. The Balaban J connectivity index is 2.05. The monoisotopic (exact) mass is 246 g/mol. The van der Waals surface area contributed by atoms with Crippen molar-refractivity contribution in [3.8, 4) is 11.8 Å². The molecule has 1 aromatic carbocycles. The number of rotatable bonds is 2. The van der Waals surface area contributed by atoms with Crippen molar-refractivity contribution in [2.75, 3.05) is 19.8 Å². The normalized spacial score (nSPS) is 19.3. The van der Waals surface area contributed by atoms with E-state index in [-0.39, 0.29) is 24.7 Å². The highest BCUT2D eigenvalue weighted by Gasteiger charge is 2.26. The number of nitriles is 1. The van der Waals surface area contributed by atoms with Gasteiger partial charge in [-0.1, -0.05) is 12.1 Å². The molecule has 1 aliphatic rings. The van der Waals surface area contributed by atoms with Crippen LogP contribution in [0.2, 0.25) is 0 Å². The van der Waals surface area contributed by atoms with E-state index in [2.05, 4.69) is 6.07 Å². The van der Waals surface area contributed by atoms with Gasteiger partial charge in [0.1, 0.15) is 11.8 Å². The van der Waals surface area contributed by atoms with Crippen molar-refractivity contribution < 1.29 is 14.6 Å². The Morgan fingerprint density at radius 1 is 1.61 bits per heavy atom. The van der Waals surface area contributed by atoms with E-state index < -0.39 is 6.04 Å². The fraction of sp³-hybridized carbons (Fsp3) is 0.385. The fourth-order valence-electron chi connectivity index (χ4n) is 1.95. The van der Waals surface area contributed by atoms with Crippen LogP contribution in [-0.4, -0.2) is 41.7 Å². The van der Waals surface area contributed by atoms with Crippen LogP contribution in [0.15, 0.2) is 24.3 Å². The lowest BCUT2D eigenvalue weighted by atomic mass is 10.1. The highest BCUT2D eigenvalue weighted by molar-refractivity contribution is 5.79. The maximum atomic E-state index is 12.1.